The van der Waals surface area contributed by atoms with Gasteiger partial charge in [0.2, 0.25) is 0 Å². The number of hydrogen-bond acceptors (Lipinski definition) is 1. The predicted molar refractivity (Wildman–Crippen MR) is 100 cm³/mol. The van der Waals surface area contributed by atoms with Crippen LogP contribution < -0.4 is 0 Å². The minimum Gasteiger partial charge on any atom is -0.0901 e. The van der Waals surface area contributed by atoms with E-state index in [0.29, 0.717) is 0 Å². The Morgan fingerprint density at radius 1 is 0.609 bits per heavy atom. The molecule has 0 atom stereocenters. The molecule has 0 aromatic heterocycles. The summed E-state index contributed by atoms with van der Waals surface area (Å²) in [6, 6.07) is 29.4. The molecule has 0 spiro atoms. The molecular weight excluding hydrogens is 296 g/mol. The third-order valence-corrected chi connectivity index (χ3v) is 4.46. The lowest BCUT2D eigenvalue weighted by Gasteiger charge is -1.99. The highest BCUT2D eigenvalue weighted by molar-refractivity contribution is 7.99. The lowest BCUT2D eigenvalue weighted by molar-refractivity contribution is 1.41. The van der Waals surface area contributed by atoms with E-state index >= 15 is 0 Å². The Balaban J connectivity index is 0.000000140. The Morgan fingerprint density at radius 3 is 1.52 bits per heavy atom. The van der Waals surface area contributed by atoms with Gasteiger partial charge in [-0.15, -0.1) is 0 Å². The fraction of sp³-hybridized carbons (Fsp3) is 0.0455. The van der Waals surface area contributed by atoms with Gasteiger partial charge in [0.1, 0.15) is 0 Å². The molecule has 1 aliphatic rings. The number of rotatable bonds is 3. The average molecular weight is 315 g/mol. The largest absolute Gasteiger partial charge is 0.0901 e. The zero-order chi connectivity index (χ0) is 15.9. The topological polar surface area (TPSA) is 0 Å². The third-order valence-electron chi connectivity index (χ3n) is 3.44. The highest BCUT2D eigenvalue weighted by Gasteiger charge is 2.08. The van der Waals surface area contributed by atoms with Crippen LogP contribution in [0.4, 0.5) is 0 Å². The normalized spacial score (nSPS) is 12.0. The van der Waals surface area contributed by atoms with Gasteiger partial charge in [0.05, 0.1) is 0 Å². The number of aryl methyl sites for hydroxylation is 1. The SMILES string of the molecule is Cc1ccc(C2=C[CH]2)cc1.c1ccc(Sc2ccccc2)cc1. The molecule has 0 amide bonds. The lowest BCUT2D eigenvalue weighted by atomic mass is 10.1. The molecule has 0 heterocycles. The molecule has 1 aliphatic carbocycles. The van der Waals surface area contributed by atoms with Crippen LogP contribution in [0.15, 0.2) is 101 Å². The van der Waals surface area contributed by atoms with Gasteiger partial charge in [-0.25, -0.2) is 0 Å². The van der Waals surface area contributed by atoms with Crippen LogP contribution in [0.2, 0.25) is 0 Å². The first-order valence-corrected chi connectivity index (χ1v) is 8.53. The van der Waals surface area contributed by atoms with Gasteiger partial charge < -0.3 is 0 Å². The lowest BCUT2D eigenvalue weighted by Crippen LogP contribution is -1.73. The molecule has 0 saturated heterocycles. The summed E-state index contributed by atoms with van der Waals surface area (Å²) < 4.78 is 0. The Bertz CT molecular complexity index is 719. The van der Waals surface area contributed by atoms with Gasteiger partial charge in [-0.2, -0.15) is 0 Å². The fourth-order valence-electron chi connectivity index (χ4n) is 2.09. The molecule has 0 N–H and O–H groups in total. The van der Waals surface area contributed by atoms with Gasteiger partial charge >= 0.3 is 0 Å². The first-order chi connectivity index (χ1) is 11.3. The van der Waals surface area contributed by atoms with Crippen LogP contribution in [-0.4, -0.2) is 0 Å². The van der Waals surface area contributed by atoms with Crippen LogP contribution in [0, 0.1) is 13.3 Å². The van der Waals surface area contributed by atoms with E-state index in [0.717, 1.165) is 0 Å². The first-order valence-electron chi connectivity index (χ1n) is 7.71. The van der Waals surface area contributed by atoms with Gasteiger partial charge in [-0.3, -0.25) is 0 Å². The van der Waals surface area contributed by atoms with Crippen LogP contribution >= 0.6 is 11.8 Å². The summed E-state index contributed by atoms with van der Waals surface area (Å²) in [7, 11) is 0. The van der Waals surface area contributed by atoms with Crippen LogP contribution in [0.1, 0.15) is 11.1 Å². The molecule has 0 aliphatic heterocycles. The van der Waals surface area contributed by atoms with Crippen molar-refractivity contribution >= 4 is 17.3 Å². The second-order valence-corrected chi connectivity index (χ2v) is 6.53. The van der Waals surface area contributed by atoms with E-state index in [9.17, 15) is 0 Å². The maximum atomic E-state index is 2.16. The van der Waals surface area contributed by atoms with Gasteiger partial charge in [0, 0.05) is 16.2 Å². The summed E-state index contributed by atoms with van der Waals surface area (Å²) in [4.78, 5) is 2.57. The summed E-state index contributed by atoms with van der Waals surface area (Å²) in [6.07, 6.45) is 4.26. The van der Waals surface area contributed by atoms with Crippen molar-refractivity contribution in [1.29, 1.82) is 0 Å². The van der Waals surface area contributed by atoms with E-state index in [1.165, 1.54) is 26.5 Å². The predicted octanol–water partition coefficient (Wildman–Crippen LogP) is 6.43. The number of benzene rings is 3. The third kappa shape index (κ3) is 5.15. The summed E-state index contributed by atoms with van der Waals surface area (Å²) >= 11 is 1.79. The molecule has 0 unspecified atom stereocenters. The average Bonchev–Trinajstić information content (AvgIpc) is 3.43. The first kappa shape index (κ1) is 15.6. The Kier molecular flexibility index (Phi) is 5.33. The fourth-order valence-corrected chi connectivity index (χ4v) is 2.95. The maximum Gasteiger partial charge on any atom is 0.0131 e. The van der Waals surface area contributed by atoms with Crippen molar-refractivity contribution in [2.45, 2.75) is 16.7 Å². The highest BCUT2D eigenvalue weighted by Crippen LogP contribution is 2.29. The molecule has 4 rings (SSSR count). The zero-order valence-corrected chi connectivity index (χ0v) is 14.0. The van der Waals surface area contributed by atoms with Crippen LogP contribution in [0.5, 0.6) is 0 Å². The molecule has 3 aromatic rings. The minimum absolute atomic E-state index is 1.29. The van der Waals surface area contributed by atoms with E-state index in [2.05, 4.69) is 92.2 Å². The van der Waals surface area contributed by atoms with Crippen molar-refractivity contribution in [2.75, 3.05) is 0 Å². The molecular formula is C22H19S. The second kappa shape index (κ2) is 7.85. The maximum absolute atomic E-state index is 2.16. The standard InChI is InChI=1S/C12H10S.C10H9/c1-3-7-11(8-4-1)13-12-9-5-2-6-10-12;1-8-2-4-9(5-3-8)10-6-7-10/h1-10H;2-7H,1H3. The van der Waals surface area contributed by atoms with Crippen molar-refractivity contribution < 1.29 is 0 Å². The van der Waals surface area contributed by atoms with Crippen molar-refractivity contribution in [3.63, 3.8) is 0 Å². The van der Waals surface area contributed by atoms with Crippen molar-refractivity contribution in [1.82, 2.24) is 0 Å². The molecule has 1 radical (unpaired) electrons. The Morgan fingerprint density at radius 2 is 1.09 bits per heavy atom. The van der Waals surface area contributed by atoms with E-state index in [1.54, 1.807) is 11.8 Å². The van der Waals surface area contributed by atoms with E-state index in [4.69, 9.17) is 0 Å². The minimum atomic E-state index is 1.29. The van der Waals surface area contributed by atoms with Gasteiger partial charge in [0.15, 0.2) is 0 Å². The van der Waals surface area contributed by atoms with E-state index in [-0.39, 0.29) is 0 Å². The zero-order valence-electron chi connectivity index (χ0n) is 13.1. The van der Waals surface area contributed by atoms with Gasteiger partial charge in [0.25, 0.3) is 0 Å². The Labute approximate surface area is 142 Å². The molecule has 0 fully saturated rings. The molecule has 0 nitrogen and oxygen atoms in total. The summed E-state index contributed by atoms with van der Waals surface area (Å²) in [5.41, 5.74) is 4.04. The molecule has 0 saturated carbocycles. The van der Waals surface area contributed by atoms with E-state index < -0.39 is 0 Å². The van der Waals surface area contributed by atoms with Crippen LogP contribution in [-0.2, 0) is 0 Å². The van der Waals surface area contributed by atoms with Crippen LogP contribution in [0.3, 0.4) is 0 Å². The second-order valence-electron chi connectivity index (χ2n) is 5.38. The molecule has 0 bridgehead atoms. The molecule has 23 heavy (non-hydrogen) atoms. The summed E-state index contributed by atoms with van der Waals surface area (Å²) in [6.45, 7) is 2.11. The number of hydrogen-bond donors (Lipinski definition) is 0. The summed E-state index contributed by atoms with van der Waals surface area (Å²) in [5, 5.41) is 0. The van der Waals surface area contributed by atoms with Crippen LogP contribution in [0.25, 0.3) is 5.57 Å². The van der Waals surface area contributed by atoms with Crippen molar-refractivity contribution in [3.8, 4) is 0 Å². The van der Waals surface area contributed by atoms with Crippen molar-refractivity contribution in [2.24, 2.45) is 0 Å². The monoisotopic (exact) mass is 315 g/mol. The quantitative estimate of drug-likeness (QED) is 0.536. The van der Waals surface area contributed by atoms with Gasteiger partial charge in [-0.1, -0.05) is 84.1 Å². The number of allylic oxidation sites excluding steroid dienone is 2. The summed E-state index contributed by atoms with van der Waals surface area (Å²) in [5.74, 6) is 0. The van der Waals surface area contributed by atoms with Crippen molar-refractivity contribution in [3.05, 3.63) is 109 Å². The molecule has 3 aromatic carbocycles. The highest BCUT2D eigenvalue weighted by atomic mass is 32.2. The van der Waals surface area contributed by atoms with Gasteiger partial charge in [-0.05, 0) is 42.3 Å². The molecule has 1 heteroatoms. The van der Waals surface area contributed by atoms with E-state index in [1.807, 2.05) is 12.1 Å². The smallest absolute Gasteiger partial charge is 0.0131 e. The Hall–Kier alpha value is -2.25. The molecule has 113 valence electrons.